The van der Waals surface area contributed by atoms with Crippen molar-refractivity contribution >= 4 is 5.91 Å². The highest BCUT2D eigenvalue weighted by atomic mass is 16.5. The quantitative estimate of drug-likeness (QED) is 0.766. The van der Waals surface area contributed by atoms with Crippen molar-refractivity contribution in [2.45, 2.75) is 37.7 Å². The zero-order valence-corrected chi connectivity index (χ0v) is 13.2. The second-order valence-electron chi connectivity index (χ2n) is 6.82. The minimum absolute atomic E-state index is 0.191. The molecule has 3 saturated heterocycles. The summed E-state index contributed by atoms with van der Waals surface area (Å²) in [6.45, 7) is 6.14. The first-order valence-corrected chi connectivity index (χ1v) is 8.39. The Morgan fingerprint density at radius 2 is 2.00 bits per heavy atom. The van der Waals surface area contributed by atoms with Crippen molar-refractivity contribution in [2.24, 2.45) is 5.92 Å². The fourth-order valence-corrected chi connectivity index (χ4v) is 3.90. The van der Waals surface area contributed by atoms with Gasteiger partial charge in [-0.3, -0.25) is 9.69 Å². The summed E-state index contributed by atoms with van der Waals surface area (Å²) in [4.78, 5) is 17.0. The highest BCUT2D eigenvalue weighted by Gasteiger charge is 2.46. The van der Waals surface area contributed by atoms with Gasteiger partial charge in [0.25, 0.3) is 5.91 Å². The molecule has 21 heavy (non-hydrogen) atoms. The van der Waals surface area contributed by atoms with Gasteiger partial charge in [0.15, 0.2) is 5.60 Å². The summed E-state index contributed by atoms with van der Waals surface area (Å²) in [5.41, 5.74) is -0.575. The van der Waals surface area contributed by atoms with E-state index in [9.17, 15) is 4.79 Å². The van der Waals surface area contributed by atoms with Crippen LogP contribution in [-0.2, 0) is 14.3 Å². The molecule has 0 aromatic carbocycles. The molecule has 3 rings (SSSR count). The Hall–Kier alpha value is -0.650. The first kappa shape index (κ1) is 15.3. The molecule has 1 spiro atoms. The molecule has 1 unspecified atom stereocenters. The van der Waals surface area contributed by atoms with E-state index in [4.69, 9.17) is 9.47 Å². The number of likely N-dealkylation sites (tertiary alicyclic amines) is 1. The number of rotatable bonds is 2. The molecule has 0 N–H and O–H groups in total. The predicted molar refractivity (Wildman–Crippen MR) is 80.2 cm³/mol. The van der Waals surface area contributed by atoms with Crippen molar-refractivity contribution in [2.75, 3.05) is 53.0 Å². The Balaban J connectivity index is 1.64. The number of carbonyl (C=O) groups excluding carboxylic acids is 1. The third kappa shape index (κ3) is 3.41. The van der Waals surface area contributed by atoms with Crippen LogP contribution in [0, 0.1) is 5.92 Å². The van der Waals surface area contributed by atoms with Crippen LogP contribution in [0.2, 0.25) is 0 Å². The second kappa shape index (κ2) is 6.63. The highest BCUT2D eigenvalue weighted by molar-refractivity contribution is 5.85. The molecule has 1 atom stereocenters. The lowest BCUT2D eigenvalue weighted by Crippen LogP contribution is -2.60. The van der Waals surface area contributed by atoms with Crippen molar-refractivity contribution in [3.8, 4) is 0 Å². The number of likely N-dealkylation sites (N-methyl/N-ethyl adjacent to an activating group) is 1. The zero-order valence-electron chi connectivity index (χ0n) is 13.2. The van der Waals surface area contributed by atoms with E-state index in [1.165, 1.54) is 0 Å². The third-order valence-electron chi connectivity index (χ3n) is 5.18. The maximum absolute atomic E-state index is 12.7. The molecule has 0 saturated carbocycles. The van der Waals surface area contributed by atoms with Crippen molar-refractivity contribution in [1.29, 1.82) is 0 Å². The maximum Gasteiger partial charge on any atom is 0.255 e. The van der Waals surface area contributed by atoms with Crippen LogP contribution in [0.3, 0.4) is 0 Å². The summed E-state index contributed by atoms with van der Waals surface area (Å²) in [5.74, 6) is 0.907. The van der Waals surface area contributed by atoms with Crippen LogP contribution in [0.5, 0.6) is 0 Å². The van der Waals surface area contributed by atoms with Gasteiger partial charge in [0.05, 0.1) is 6.61 Å². The first-order chi connectivity index (χ1) is 10.2. The van der Waals surface area contributed by atoms with Gasteiger partial charge in [-0.2, -0.15) is 0 Å². The topological polar surface area (TPSA) is 42.0 Å². The maximum atomic E-state index is 12.7. The number of ether oxygens (including phenoxy) is 2. The van der Waals surface area contributed by atoms with E-state index in [-0.39, 0.29) is 5.91 Å². The Kier molecular flexibility index (Phi) is 4.82. The Bertz CT molecular complexity index is 371. The van der Waals surface area contributed by atoms with Crippen LogP contribution in [0.1, 0.15) is 32.1 Å². The molecule has 0 bridgehead atoms. The van der Waals surface area contributed by atoms with Crippen molar-refractivity contribution in [3.63, 3.8) is 0 Å². The summed E-state index contributed by atoms with van der Waals surface area (Å²) in [7, 11) is 1.91. The molecule has 0 aromatic heterocycles. The third-order valence-corrected chi connectivity index (χ3v) is 5.18. The van der Waals surface area contributed by atoms with Crippen molar-refractivity contribution in [3.05, 3.63) is 0 Å². The largest absolute Gasteiger partial charge is 0.381 e. The van der Waals surface area contributed by atoms with Gasteiger partial charge in [-0.25, -0.2) is 0 Å². The van der Waals surface area contributed by atoms with Gasteiger partial charge in [-0.1, -0.05) is 0 Å². The van der Waals surface area contributed by atoms with Gasteiger partial charge < -0.3 is 14.4 Å². The van der Waals surface area contributed by atoms with E-state index in [1.807, 2.05) is 11.9 Å². The molecule has 0 aromatic rings. The molecule has 0 radical (unpaired) electrons. The minimum Gasteiger partial charge on any atom is -0.381 e. The molecule has 3 fully saturated rings. The van der Waals surface area contributed by atoms with Gasteiger partial charge in [0, 0.05) is 46.4 Å². The number of hydrogen-bond acceptors (Lipinski definition) is 4. The van der Waals surface area contributed by atoms with Crippen LogP contribution >= 0.6 is 0 Å². The van der Waals surface area contributed by atoms with E-state index in [2.05, 4.69) is 4.90 Å². The summed E-state index contributed by atoms with van der Waals surface area (Å²) in [5, 5.41) is 0. The van der Waals surface area contributed by atoms with E-state index in [0.717, 1.165) is 71.5 Å². The number of amides is 1. The average molecular weight is 296 g/mol. The van der Waals surface area contributed by atoms with Crippen LogP contribution in [0.25, 0.3) is 0 Å². The molecule has 3 heterocycles. The van der Waals surface area contributed by atoms with E-state index in [0.29, 0.717) is 12.5 Å². The fourth-order valence-electron chi connectivity index (χ4n) is 3.90. The molecule has 5 heteroatoms. The summed E-state index contributed by atoms with van der Waals surface area (Å²) < 4.78 is 11.5. The lowest BCUT2D eigenvalue weighted by atomic mass is 9.92. The van der Waals surface area contributed by atoms with Crippen molar-refractivity contribution < 1.29 is 14.3 Å². The van der Waals surface area contributed by atoms with Gasteiger partial charge in [0.2, 0.25) is 0 Å². The Morgan fingerprint density at radius 1 is 1.19 bits per heavy atom. The predicted octanol–water partition coefficient (Wildman–Crippen LogP) is 1.13. The molecule has 5 nitrogen and oxygen atoms in total. The number of carbonyl (C=O) groups is 1. The van der Waals surface area contributed by atoms with Crippen LogP contribution in [0.15, 0.2) is 0 Å². The standard InChI is InChI=1S/C16H28N2O3/c1-17-7-3-2-6-16(15(17)19)13-18(8-11-21-16)12-14-4-9-20-10-5-14/h14H,2-13H2,1H3. The molecule has 1 amide bonds. The number of nitrogens with zero attached hydrogens (tertiary/aromatic N) is 2. The smallest absolute Gasteiger partial charge is 0.255 e. The Morgan fingerprint density at radius 3 is 2.81 bits per heavy atom. The summed E-state index contributed by atoms with van der Waals surface area (Å²) >= 11 is 0. The summed E-state index contributed by atoms with van der Waals surface area (Å²) in [6, 6.07) is 0. The number of morpholine rings is 1. The summed E-state index contributed by atoms with van der Waals surface area (Å²) in [6.07, 6.45) is 5.35. The molecular weight excluding hydrogens is 268 g/mol. The zero-order chi connectivity index (χ0) is 14.7. The minimum atomic E-state index is -0.575. The molecule has 3 aliphatic rings. The van der Waals surface area contributed by atoms with Crippen LogP contribution in [-0.4, -0.2) is 74.4 Å². The molecule has 120 valence electrons. The average Bonchev–Trinajstić information content (AvgIpc) is 2.63. The van der Waals surface area contributed by atoms with E-state index in [1.54, 1.807) is 0 Å². The lowest BCUT2D eigenvalue weighted by Gasteiger charge is -2.43. The molecule has 0 aliphatic carbocycles. The van der Waals surface area contributed by atoms with E-state index < -0.39 is 5.60 Å². The van der Waals surface area contributed by atoms with Crippen LogP contribution < -0.4 is 0 Å². The Labute approximate surface area is 127 Å². The monoisotopic (exact) mass is 296 g/mol. The normalized spacial score (nSPS) is 33.4. The molecule has 3 aliphatic heterocycles. The van der Waals surface area contributed by atoms with Gasteiger partial charge >= 0.3 is 0 Å². The van der Waals surface area contributed by atoms with Crippen molar-refractivity contribution in [1.82, 2.24) is 9.80 Å². The highest BCUT2D eigenvalue weighted by Crippen LogP contribution is 2.30. The second-order valence-corrected chi connectivity index (χ2v) is 6.82. The molecular formula is C16H28N2O3. The fraction of sp³-hybridized carbons (Fsp3) is 0.938. The SMILES string of the molecule is CN1CCCCC2(CN(CC3CCOCC3)CCO2)C1=O. The van der Waals surface area contributed by atoms with Gasteiger partial charge in [0.1, 0.15) is 0 Å². The first-order valence-electron chi connectivity index (χ1n) is 8.39. The van der Waals surface area contributed by atoms with E-state index >= 15 is 0 Å². The van der Waals surface area contributed by atoms with Gasteiger partial charge in [-0.05, 0) is 38.0 Å². The van der Waals surface area contributed by atoms with Crippen LogP contribution in [0.4, 0.5) is 0 Å². The number of hydrogen-bond donors (Lipinski definition) is 0. The lowest BCUT2D eigenvalue weighted by molar-refractivity contribution is -0.170. The van der Waals surface area contributed by atoms with Gasteiger partial charge in [-0.15, -0.1) is 0 Å².